The predicted octanol–water partition coefficient (Wildman–Crippen LogP) is 0.479. The molecule has 3 aromatic rings. The summed E-state index contributed by atoms with van der Waals surface area (Å²) in [6, 6.07) is 9.36. The second-order valence-corrected chi connectivity index (χ2v) is 3.94. The first-order valence-electron chi connectivity index (χ1n) is 5.66. The van der Waals surface area contributed by atoms with Gasteiger partial charge in [0.25, 0.3) is 0 Å². The van der Waals surface area contributed by atoms with Gasteiger partial charge < -0.3 is 4.74 Å². The van der Waals surface area contributed by atoms with E-state index in [-0.39, 0.29) is 5.69 Å². The molecule has 7 heteroatoms. The minimum atomic E-state index is -0.618. The molecule has 19 heavy (non-hydrogen) atoms. The van der Waals surface area contributed by atoms with Gasteiger partial charge in [0.15, 0.2) is 11.9 Å². The van der Waals surface area contributed by atoms with E-state index in [0.29, 0.717) is 5.65 Å². The molecule has 0 saturated carbocycles. The summed E-state index contributed by atoms with van der Waals surface area (Å²) in [6.45, 7) is 0. The van der Waals surface area contributed by atoms with Gasteiger partial charge in [0, 0.05) is 12.7 Å². The van der Waals surface area contributed by atoms with Crippen molar-refractivity contribution in [2.45, 2.75) is 6.23 Å². The Morgan fingerprint density at radius 2 is 2.05 bits per heavy atom. The number of benzene rings is 1. The highest BCUT2D eigenvalue weighted by molar-refractivity contribution is 5.31. The molecule has 0 N–H and O–H groups in total. The highest BCUT2D eigenvalue weighted by Crippen LogP contribution is 2.15. The summed E-state index contributed by atoms with van der Waals surface area (Å²) in [6.07, 6.45) is 2.26. The van der Waals surface area contributed by atoms with Crippen LogP contribution in [0.1, 0.15) is 11.8 Å². The number of nitrogens with zero attached hydrogens (tertiary/aromatic N) is 5. The molecule has 0 radical (unpaired) electrons. The average Bonchev–Trinajstić information content (AvgIpc) is 2.93. The maximum absolute atomic E-state index is 12.3. The van der Waals surface area contributed by atoms with Crippen molar-refractivity contribution in [3.05, 3.63) is 58.9 Å². The lowest BCUT2D eigenvalue weighted by Gasteiger charge is -2.16. The van der Waals surface area contributed by atoms with Gasteiger partial charge in [0.2, 0.25) is 0 Å². The third kappa shape index (κ3) is 1.89. The van der Waals surface area contributed by atoms with E-state index in [1.165, 1.54) is 28.7 Å². The average molecular weight is 257 g/mol. The van der Waals surface area contributed by atoms with Crippen molar-refractivity contribution in [3.8, 4) is 0 Å². The minimum absolute atomic E-state index is 0.349. The largest absolute Gasteiger partial charge is 0.355 e. The number of methoxy groups -OCH3 is 1. The van der Waals surface area contributed by atoms with Crippen molar-refractivity contribution in [1.82, 2.24) is 24.4 Å². The number of hydrogen-bond donors (Lipinski definition) is 0. The van der Waals surface area contributed by atoms with Crippen molar-refractivity contribution in [1.29, 1.82) is 0 Å². The second-order valence-electron chi connectivity index (χ2n) is 3.94. The highest BCUT2D eigenvalue weighted by atomic mass is 16.5. The molecule has 0 saturated heterocycles. The molecule has 1 atom stereocenters. The lowest BCUT2D eigenvalue weighted by Crippen LogP contribution is -2.34. The van der Waals surface area contributed by atoms with Crippen molar-refractivity contribution in [2.24, 2.45) is 0 Å². The van der Waals surface area contributed by atoms with E-state index in [1.54, 1.807) is 0 Å². The van der Waals surface area contributed by atoms with E-state index in [4.69, 9.17) is 4.74 Å². The Kier molecular flexibility index (Phi) is 2.81. The van der Waals surface area contributed by atoms with Crippen molar-refractivity contribution in [2.75, 3.05) is 7.11 Å². The Labute approximate surface area is 108 Å². The Bertz CT molecular complexity index is 749. The van der Waals surface area contributed by atoms with Crippen LogP contribution in [0.2, 0.25) is 0 Å². The van der Waals surface area contributed by atoms with Crippen LogP contribution >= 0.6 is 0 Å². The summed E-state index contributed by atoms with van der Waals surface area (Å²) in [5.74, 6) is 0. The van der Waals surface area contributed by atoms with Crippen LogP contribution in [0, 0.1) is 0 Å². The fourth-order valence-electron chi connectivity index (χ4n) is 1.89. The molecule has 0 aliphatic rings. The predicted molar refractivity (Wildman–Crippen MR) is 66.6 cm³/mol. The van der Waals surface area contributed by atoms with Gasteiger partial charge in [-0.1, -0.05) is 35.5 Å². The number of ether oxygens (including phenoxy) is 1. The summed E-state index contributed by atoms with van der Waals surface area (Å²) < 4.78 is 7.86. The second kappa shape index (κ2) is 4.62. The summed E-state index contributed by atoms with van der Waals surface area (Å²) in [4.78, 5) is 16.1. The minimum Gasteiger partial charge on any atom is -0.355 e. The van der Waals surface area contributed by atoms with Crippen molar-refractivity contribution >= 4 is 5.65 Å². The molecule has 0 aliphatic carbocycles. The quantitative estimate of drug-likeness (QED) is 0.682. The molecular formula is C12H11N5O2. The van der Waals surface area contributed by atoms with Crippen LogP contribution in [0.3, 0.4) is 0 Å². The van der Waals surface area contributed by atoms with E-state index in [9.17, 15) is 4.79 Å². The Morgan fingerprint density at radius 3 is 2.79 bits per heavy atom. The Balaban J connectivity index is 2.17. The third-order valence-corrected chi connectivity index (χ3v) is 2.79. The maximum Gasteiger partial charge on any atom is 0.355 e. The Hall–Kier alpha value is -2.54. The molecule has 7 nitrogen and oxygen atoms in total. The molecule has 96 valence electrons. The van der Waals surface area contributed by atoms with Gasteiger partial charge >= 0.3 is 5.69 Å². The molecule has 0 bridgehead atoms. The maximum atomic E-state index is 12.3. The topological polar surface area (TPSA) is 74.3 Å². The molecule has 1 aromatic carbocycles. The van der Waals surface area contributed by atoms with E-state index < -0.39 is 6.23 Å². The van der Waals surface area contributed by atoms with Crippen LogP contribution in [-0.4, -0.2) is 31.5 Å². The van der Waals surface area contributed by atoms with Gasteiger partial charge in [-0.2, -0.15) is 4.68 Å². The first-order chi connectivity index (χ1) is 9.31. The van der Waals surface area contributed by atoms with Crippen LogP contribution in [0.4, 0.5) is 0 Å². The first kappa shape index (κ1) is 11.5. The van der Waals surface area contributed by atoms with Crippen LogP contribution < -0.4 is 5.69 Å². The van der Waals surface area contributed by atoms with Gasteiger partial charge in [-0.15, -0.1) is 5.10 Å². The van der Waals surface area contributed by atoms with Crippen molar-refractivity contribution in [3.63, 3.8) is 0 Å². The van der Waals surface area contributed by atoms with Gasteiger partial charge in [0.05, 0.1) is 6.20 Å². The van der Waals surface area contributed by atoms with Gasteiger partial charge in [-0.3, -0.25) is 0 Å². The van der Waals surface area contributed by atoms with Gasteiger partial charge in [-0.05, 0) is 0 Å². The SMILES string of the molecule is COC(c1ccccc1)n1nnc2cncn2c1=O. The zero-order valence-corrected chi connectivity index (χ0v) is 10.2. The highest BCUT2D eigenvalue weighted by Gasteiger charge is 2.17. The molecule has 2 heterocycles. The molecule has 3 rings (SSSR count). The lowest BCUT2D eigenvalue weighted by atomic mass is 10.2. The third-order valence-electron chi connectivity index (χ3n) is 2.79. The smallest absolute Gasteiger partial charge is 0.355 e. The number of rotatable bonds is 3. The summed E-state index contributed by atoms with van der Waals surface area (Å²) >= 11 is 0. The zero-order valence-electron chi connectivity index (χ0n) is 10.2. The van der Waals surface area contributed by atoms with E-state index in [0.717, 1.165) is 5.56 Å². The summed E-state index contributed by atoms with van der Waals surface area (Å²) in [7, 11) is 1.52. The molecule has 0 spiro atoms. The summed E-state index contributed by atoms with van der Waals surface area (Å²) in [5, 5.41) is 7.82. The normalized spacial score (nSPS) is 12.7. The molecular weight excluding hydrogens is 246 g/mol. The van der Waals surface area contributed by atoms with Crippen LogP contribution in [-0.2, 0) is 4.74 Å². The fourth-order valence-corrected chi connectivity index (χ4v) is 1.89. The fraction of sp³-hybridized carbons (Fsp3) is 0.167. The number of imidazole rings is 1. The lowest BCUT2D eigenvalue weighted by molar-refractivity contribution is 0.0593. The monoisotopic (exact) mass is 257 g/mol. The van der Waals surface area contributed by atoms with Crippen LogP contribution in [0.25, 0.3) is 5.65 Å². The molecule has 0 amide bonds. The Morgan fingerprint density at radius 1 is 1.26 bits per heavy atom. The van der Waals surface area contributed by atoms with E-state index >= 15 is 0 Å². The standard InChI is InChI=1S/C12H11N5O2/c1-19-11(9-5-3-2-4-6-9)17-12(18)16-8-13-7-10(16)14-15-17/h2-8,11H,1H3. The van der Waals surface area contributed by atoms with Crippen LogP contribution in [0.15, 0.2) is 47.7 Å². The molecule has 1 unspecified atom stereocenters. The molecule has 0 aliphatic heterocycles. The van der Waals surface area contributed by atoms with E-state index in [2.05, 4.69) is 15.3 Å². The molecule has 0 fully saturated rings. The summed E-state index contributed by atoms with van der Waals surface area (Å²) in [5.41, 5.74) is 0.878. The zero-order chi connectivity index (χ0) is 13.2. The van der Waals surface area contributed by atoms with Gasteiger partial charge in [-0.25, -0.2) is 14.2 Å². The van der Waals surface area contributed by atoms with Gasteiger partial charge in [0.1, 0.15) is 6.33 Å². The van der Waals surface area contributed by atoms with Crippen molar-refractivity contribution < 1.29 is 4.74 Å². The number of aromatic nitrogens is 5. The van der Waals surface area contributed by atoms with E-state index in [1.807, 2.05) is 30.3 Å². The first-order valence-corrected chi connectivity index (χ1v) is 5.66. The molecule has 2 aromatic heterocycles. The van der Waals surface area contributed by atoms with Crippen LogP contribution in [0.5, 0.6) is 0 Å². The number of fused-ring (bicyclic) bond motifs is 1. The number of hydrogen-bond acceptors (Lipinski definition) is 5.